The second-order valence-corrected chi connectivity index (χ2v) is 8.45. The van der Waals surface area contributed by atoms with Crippen molar-refractivity contribution in [3.63, 3.8) is 0 Å². The zero-order valence-corrected chi connectivity index (χ0v) is 18.4. The zero-order valence-electron chi connectivity index (χ0n) is 18.4. The normalized spacial score (nSPS) is 16.0. The second kappa shape index (κ2) is 9.52. The molecule has 2 aliphatic rings. The molecule has 0 unspecified atom stereocenters. The van der Waals surface area contributed by atoms with Gasteiger partial charge in [0.2, 0.25) is 0 Å². The summed E-state index contributed by atoms with van der Waals surface area (Å²) in [6.07, 6.45) is 4.91. The van der Waals surface area contributed by atoms with Crippen LogP contribution in [0.4, 0.5) is 4.39 Å². The molecule has 0 saturated heterocycles. The smallest absolute Gasteiger partial charge is 0.338 e. The third-order valence-corrected chi connectivity index (χ3v) is 6.25. The van der Waals surface area contributed by atoms with Crippen LogP contribution in [0.25, 0.3) is 0 Å². The fourth-order valence-electron chi connectivity index (χ4n) is 4.38. The molecule has 0 spiro atoms. The van der Waals surface area contributed by atoms with Crippen molar-refractivity contribution < 1.29 is 28.3 Å². The van der Waals surface area contributed by atoms with Crippen molar-refractivity contribution in [1.29, 1.82) is 0 Å². The van der Waals surface area contributed by atoms with Crippen molar-refractivity contribution in [3.05, 3.63) is 70.5 Å². The van der Waals surface area contributed by atoms with Crippen molar-refractivity contribution in [2.45, 2.75) is 44.7 Å². The maximum Gasteiger partial charge on any atom is 0.338 e. The predicted octanol–water partition coefficient (Wildman–Crippen LogP) is 3.57. The summed E-state index contributed by atoms with van der Waals surface area (Å²) in [5.41, 5.74) is 1.27. The van der Waals surface area contributed by atoms with E-state index in [0.29, 0.717) is 6.54 Å². The summed E-state index contributed by atoms with van der Waals surface area (Å²) in [6, 6.07) is 10.2. The molecule has 0 bridgehead atoms. The fourth-order valence-corrected chi connectivity index (χ4v) is 4.38. The second-order valence-electron chi connectivity index (χ2n) is 8.45. The van der Waals surface area contributed by atoms with Gasteiger partial charge in [-0.15, -0.1) is 0 Å². The van der Waals surface area contributed by atoms with E-state index in [1.54, 1.807) is 17.0 Å². The molecular formula is C25H25FN2O5. The number of ether oxygens (including phenoxy) is 1. The lowest BCUT2D eigenvalue weighted by Crippen LogP contribution is -2.43. The zero-order chi connectivity index (χ0) is 23.5. The van der Waals surface area contributed by atoms with Gasteiger partial charge in [0.05, 0.1) is 16.7 Å². The minimum Gasteiger partial charge on any atom is -0.452 e. The Labute approximate surface area is 191 Å². The molecule has 33 heavy (non-hydrogen) atoms. The van der Waals surface area contributed by atoms with Gasteiger partial charge in [-0.05, 0) is 48.7 Å². The van der Waals surface area contributed by atoms with Gasteiger partial charge in [-0.1, -0.05) is 31.4 Å². The first kappa shape index (κ1) is 22.6. The molecule has 0 N–H and O–H groups in total. The van der Waals surface area contributed by atoms with E-state index in [4.69, 9.17) is 4.74 Å². The van der Waals surface area contributed by atoms with E-state index in [1.165, 1.54) is 37.4 Å². The van der Waals surface area contributed by atoms with Gasteiger partial charge >= 0.3 is 5.97 Å². The number of carbonyl (C=O) groups is 4. The van der Waals surface area contributed by atoms with Gasteiger partial charge in [0.25, 0.3) is 17.7 Å². The molecule has 4 rings (SSSR count). The minimum absolute atomic E-state index is 0.0363. The number of fused-ring (bicyclic) bond motifs is 1. The van der Waals surface area contributed by atoms with E-state index in [-0.39, 0.29) is 34.5 Å². The first-order valence-corrected chi connectivity index (χ1v) is 11.0. The standard InChI is InChI=1S/C25H25FN2O5/c1-27-23(30)20-12-9-17(13-21(20)24(27)31)25(32)33-15-22(29)28(19-5-3-2-4-6-19)14-16-7-10-18(26)11-8-16/h7-13,19H,2-6,14-15H2,1H3. The van der Waals surface area contributed by atoms with Crippen LogP contribution >= 0.6 is 0 Å². The van der Waals surface area contributed by atoms with Crippen LogP contribution in [0.1, 0.15) is 68.7 Å². The van der Waals surface area contributed by atoms with Gasteiger partial charge in [0, 0.05) is 19.6 Å². The van der Waals surface area contributed by atoms with E-state index in [1.807, 2.05) is 0 Å². The molecule has 0 radical (unpaired) electrons. The van der Waals surface area contributed by atoms with E-state index in [2.05, 4.69) is 0 Å². The van der Waals surface area contributed by atoms with Gasteiger partial charge < -0.3 is 9.64 Å². The summed E-state index contributed by atoms with van der Waals surface area (Å²) < 4.78 is 18.5. The fraction of sp³-hybridized carbons (Fsp3) is 0.360. The number of hydrogen-bond donors (Lipinski definition) is 0. The average Bonchev–Trinajstić information content (AvgIpc) is 3.06. The van der Waals surface area contributed by atoms with Crippen LogP contribution in [0.15, 0.2) is 42.5 Å². The van der Waals surface area contributed by atoms with Gasteiger partial charge in [-0.25, -0.2) is 9.18 Å². The number of benzene rings is 2. The van der Waals surface area contributed by atoms with Crippen LogP contribution < -0.4 is 0 Å². The largest absolute Gasteiger partial charge is 0.452 e. The van der Waals surface area contributed by atoms with Crippen molar-refractivity contribution in [1.82, 2.24) is 9.80 Å². The predicted molar refractivity (Wildman–Crippen MR) is 117 cm³/mol. The topological polar surface area (TPSA) is 84.0 Å². The Morgan fingerprint density at radius 2 is 1.67 bits per heavy atom. The Hall–Kier alpha value is -3.55. The lowest BCUT2D eigenvalue weighted by molar-refractivity contribution is -0.138. The molecular weight excluding hydrogens is 427 g/mol. The quantitative estimate of drug-likeness (QED) is 0.494. The highest BCUT2D eigenvalue weighted by molar-refractivity contribution is 6.21. The third-order valence-electron chi connectivity index (χ3n) is 6.25. The first-order chi connectivity index (χ1) is 15.8. The molecule has 1 aliphatic heterocycles. The molecule has 172 valence electrons. The van der Waals surface area contributed by atoms with Crippen molar-refractivity contribution in [2.75, 3.05) is 13.7 Å². The minimum atomic E-state index is -0.744. The molecule has 1 aliphatic carbocycles. The molecule has 8 heteroatoms. The third kappa shape index (κ3) is 4.79. The molecule has 1 saturated carbocycles. The number of hydrogen-bond acceptors (Lipinski definition) is 5. The van der Waals surface area contributed by atoms with Crippen LogP contribution in [0.3, 0.4) is 0 Å². The van der Waals surface area contributed by atoms with Crippen molar-refractivity contribution in [3.8, 4) is 0 Å². The Kier molecular flexibility index (Phi) is 6.53. The maximum absolute atomic E-state index is 13.3. The van der Waals surface area contributed by atoms with Crippen LogP contribution in [-0.2, 0) is 16.1 Å². The summed E-state index contributed by atoms with van der Waals surface area (Å²) in [6.45, 7) is -0.135. The summed E-state index contributed by atoms with van der Waals surface area (Å²) in [5.74, 6) is -2.32. The number of rotatable bonds is 6. The van der Waals surface area contributed by atoms with Gasteiger partial charge in [0.15, 0.2) is 6.61 Å². The Morgan fingerprint density at radius 3 is 2.36 bits per heavy atom. The highest BCUT2D eigenvalue weighted by Gasteiger charge is 2.33. The van der Waals surface area contributed by atoms with Crippen LogP contribution in [-0.4, -0.2) is 53.2 Å². The molecule has 0 aromatic heterocycles. The summed E-state index contributed by atoms with van der Waals surface area (Å²) in [4.78, 5) is 52.5. The van der Waals surface area contributed by atoms with Gasteiger partial charge in [-0.2, -0.15) is 0 Å². The lowest BCUT2D eigenvalue weighted by atomic mass is 9.93. The molecule has 7 nitrogen and oxygen atoms in total. The van der Waals surface area contributed by atoms with Crippen LogP contribution in [0.2, 0.25) is 0 Å². The van der Waals surface area contributed by atoms with E-state index < -0.39 is 24.4 Å². The van der Waals surface area contributed by atoms with Gasteiger partial charge in [0.1, 0.15) is 5.82 Å². The average molecular weight is 452 g/mol. The number of esters is 1. The summed E-state index contributed by atoms with van der Waals surface area (Å²) >= 11 is 0. The maximum atomic E-state index is 13.3. The Balaban J connectivity index is 1.44. The van der Waals surface area contributed by atoms with Crippen molar-refractivity contribution in [2.24, 2.45) is 0 Å². The lowest BCUT2D eigenvalue weighted by Gasteiger charge is -2.34. The molecule has 1 heterocycles. The number of imide groups is 1. The summed E-state index contributed by atoms with van der Waals surface area (Å²) in [5, 5.41) is 0. The number of amides is 3. The van der Waals surface area contributed by atoms with Crippen molar-refractivity contribution >= 4 is 23.7 Å². The molecule has 2 aromatic rings. The SMILES string of the molecule is CN1C(=O)c2ccc(C(=O)OCC(=O)N(Cc3ccc(F)cc3)C3CCCCC3)cc2C1=O. The first-order valence-electron chi connectivity index (χ1n) is 11.0. The van der Waals surface area contributed by atoms with E-state index in [0.717, 1.165) is 42.6 Å². The van der Waals surface area contributed by atoms with E-state index in [9.17, 15) is 23.6 Å². The van der Waals surface area contributed by atoms with Crippen LogP contribution in [0, 0.1) is 5.82 Å². The summed E-state index contributed by atoms with van der Waals surface area (Å²) in [7, 11) is 1.38. The molecule has 3 amide bonds. The monoisotopic (exact) mass is 452 g/mol. The number of halogens is 1. The molecule has 0 atom stereocenters. The highest BCUT2D eigenvalue weighted by Crippen LogP contribution is 2.25. The van der Waals surface area contributed by atoms with Gasteiger partial charge in [-0.3, -0.25) is 19.3 Å². The Morgan fingerprint density at radius 1 is 1.00 bits per heavy atom. The number of carbonyl (C=O) groups excluding carboxylic acids is 4. The molecule has 2 aromatic carbocycles. The number of nitrogens with zero attached hydrogens (tertiary/aromatic N) is 2. The highest BCUT2D eigenvalue weighted by atomic mass is 19.1. The van der Waals surface area contributed by atoms with E-state index >= 15 is 0 Å². The molecule has 1 fully saturated rings. The Bertz CT molecular complexity index is 1090. The van der Waals surface area contributed by atoms with Crippen LogP contribution in [0.5, 0.6) is 0 Å².